The van der Waals surface area contributed by atoms with Gasteiger partial charge in [-0.05, 0) is 37.6 Å². The molecule has 1 fully saturated rings. The van der Waals surface area contributed by atoms with Crippen molar-refractivity contribution < 1.29 is 9.59 Å². The van der Waals surface area contributed by atoms with Crippen molar-refractivity contribution in [2.24, 2.45) is 5.92 Å². The van der Waals surface area contributed by atoms with Gasteiger partial charge in [0.15, 0.2) is 0 Å². The average Bonchev–Trinajstić information content (AvgIpc) is 2.89. The highest BCUT2D eigenvalue weighted by molar-refractivity contribution is 6.00. The topological polar surface area (TPSA) is 73.2 Å². The van der Waals surface area contributed by atoms with E-state index in [1.54, 1.807) is 29.2 Å². The Morgan fingerprint density at radius 2 is 2.14 bits per heavy atom. The molecule has 1 aromatic carbocycles. The van der Waals surface area contributed by atoms with Gasteiger partial charge in [-0.15, -0.1) is 0 Å². The highest BCUT2D eigenvalue weighted by atomic mass is 16.2. The third-order valence-electron chi connectivity index (χ3n) is 3.80. The molecule has 0 saturated carbocycles. The van der Waals surface area contributed by atoms with E-state index in [0.29, 0.717) is 12.1 Å². The van der Waals surface area contributed by atoms with Crippen molar-refractivity contribution in [3.8, 4) is 6.07 Å². The number of amides is 2. The molecule has 2 rings (SSSR count). The second-order valence-corrected chi connectivity index (χ2v) is 5.38. The minimum absolute atomic E-state index is 0.0518. The van der Waals surface area contributed by atoms with Crippen molar-refractivity contribution in [2.75, 3.05) is 11.4 Å². The zero-order valence-electron chi connectivity index (χ0n) is 12.3. The minimum atomic E-state index is -0.304. The van der Waals surface area contributed by atoms with Crippen LogP contribution in [0.15, 0.2) is 24.3 Å². The molecule has 21 heavy (non-hydrogen) atoms. The van der Waals surface area contributed by atoms with Crippen LogP contribution < -0.4 is 10.2 Å². The molecule has 2 unspecified atom stereocenters. The molecular formula is C16H19N3O2. The Balaban J connectivity index is 2.05. The molecule has 0 aromatic heterocycles. The molecule has 0 radical (unpaired) electrons. The summed E-state index contributed by atoms with van der Waals surface area (Å²) in [6.45, 7) is 4.36. The van der Waals surface area contributed by atoms with Crippen LogP contribution in [0.5, 0.6) is 0 Å². The molecule has 1 heterocycles. The standard InChI is InChI=1S/C16H19N3O2/c1-3-11(2)18-16(21)13-8-15(20)19(10-13)14-6-4-12(9-17)5-7-14/h4-7,11,13H,3,8,10H2,1-2H3,(H,18,21). The molecule has 2 amide bonds. The summed E-state index contributed by atoms with van der Waals surface area (Å²) < 4.78 is 0. The van der Waals surface area contributed by atoms with E-state index in [9.17, 15) is 9.59 Å². The van der Waals surface area contributed by atoms with Crippen LogP contribution >= 0.6 is 0 Å². The van der Waals surface area contributed by atoms with Crippen LogP contribution in [0.4, 0.5) is 5.69 Å². The molecule has 1 aliphatic heterocycles. The Morgan fingerprint density at radius 1 is 1.48 bits per heavy atom. The number of benzene rings is 1. The van der Waals surface area contributed by atoms with E-state index in [-0.39, 0.29) is 30.2 Å². The van der Waals surface area contributed by atoms with Gasteiger partial charge >= 0.3 is 0 Å². The molecule has 5 heteroatoms. The highest BCUT2D eigenvalue weighted by Crippen LogP contribution is 2.25. The molecule has 1 aromatic rings. The summed E-state index contributed by atoms with van der Waals surface area (Å²) >= 11 is 0. The lowest BCUT2D eigenvalue weighted by Gasteiger charge is -2.18. The molecule has 0 aliphatic carbocycles. The van der Waals surface area contributed by atoms with E-state index < -0.39 is 0 Å². The molecule has 1 saturated heterocycles. The zero-order chi connectivity index (χ0) is 15.4. The Labute approximate surface area is 124 Å². The molecule has 110 valence electrons. The summed E-state index contributed by atoms with van der Waals surface area (Å²) in [5, 5.41) is 11.7. The largest absolute Gasteiger partial charge is 0.353 e. The van der Waals surface area contributed by atoms with Gasteiger partial charge in [0.05, 0.1) is 17.6 Å². The van der Waals surface area contributed by atoms with Gasteiger partial charge in [-0.25, -0.2) is 0 Å². The summed E-state index contributed by atoms with van der Waals surface area (Å²) in [4.78, 5) is 25.8. The highest BCUT2D eigenvalue weighted by Gasteiger charge is 2.35. The molecule has 2 atom stereocenters. The number of hydrogen-bond donors (Lipinski definition) is 1. The first kappa shape index (κ1) is 15.0. The lowest BCUT2D eigenvalue weighted by Crippen LogP contribution is -2.38. The monoisotopic (exact) mass is 285 g/mol. The van der Waals surface area contributed by atoms with Crippen molar-refractivity contribution >= 4 is 17.5 Å². The number of carbonyl (C=O) groups excluding carboxylic acids is 2. The Hall–Kier alpha value is -2.35. The van der Waals surface area contributed by atoms with Gasteiger partial charge in [-0.3, -0.25) is 9.59 Å². The molecule has 1 N–H and O–H groups in total. The fourth-order valence-corrected chi connectivity index (χ4v) is 2.31. The maximum atomic E-state index is 12.1. The molecule has 5 nitrogen and oxygen atoms in total. The second-order valence-electron chi connectivity index (χ2n) is 5.38. The summed E-state index contributed by atoms with van der Waals surface area (Å²) in [5.41, 5.74) is 1.29. The summed E-state index contributed by atoms with van der Waals surface area (Å²) in [5.74, 6) is -0.417. The van der Waals surface area contributed by atoms with Crippen LogP contribution in [0, 0.1) is 17.2 Å². The van der Waals surface area contributed by atoms with Gasteiger partial charge in [-0.2, -0.15) is 5.26 Å². The minimum Gasteiger partial charge on any atom is -0.353 e. The Morgan fingerprint density at radius 3 is 2.71 bits per heavy atom. The fourth-order valence-electron chi connectivity index (χ4n) is 2.31. The van der Waals surface area contributed by atoms with Gasteiger partial charge < -0.3 is 10.2 Å². The quantitative estimate of drug-likeness (QED) is 0.917. The summed E-state index contributed by atoms with van der Waals surface area (Å²) in [7, 11) is 0. The normalized spacial score (nSPS) is 19.2. The first-order valence-corrected chi connectivity index (χ1v) is 7.16. The third kappa shape index (κ3) is 3.40. The van der Waals surface area contributed by atoms with E-state index in [1.807, 2.05) is 19.9 Å². The van der Waals surface area contributed by atoms with E-state index >= 15 is 0 Å². The third-order valence-corrected chi connectivity index (χ3v) is 3.80. The number of rotatable bonds is 4. The molecular weight excluding hydrogens is 266 g/mol. The van der Waals surface area contributed by atoms with Crippen LogP contribution in [0.25, 0.3) is 0 Å². The van der Waals surface area contributed by atoms with E-state index in [4.69, 9.17) is 5.26 Å². The second kappa shape index (κ2) is 6.40. The van der Waals surface area contributed by atoms with Crippen LogP contribution in [-0.2, 0) is 9.59 Å². The number of carbonyl (C=O) groups is 2. The number of nitriles is 1. The zero-order valence-corrected chi connectivity index (χ0v) is 12.3. The SMILES string of the molecule is CCC(C)NC(=O)C1CC(=O)N(c2ccc(C#N)cc2)C1. The maximum absolute atomic E-state index is 12.1. The predicted molar refractivity (Wildman–Crippen MR) is 79.5 cm³/mol. The number of hydrogen-bond acceptors (Lipinski definition) is 3. The summed E-state index contributed by atoms with van der Waals surface area (Å²) in [6, 6.07) is 9.00. The van der Waals surface area contributed by atoms with Gasteiger partial charge in [0.1, 0.15) is 0 Å². The number of nitrogens with zero attached hydrogens (tertiary/aromatic N) is 2. The van der Waals surface area contributed by atoms with Crippen LogP contribution in [0.3, 0.4) is 0 Å². The first-order chi connectivity index (χ1) is 10.0. The molecule has 0 bridgehead atoms. The molecule has 1 aliphatic rings. The lowest BCUT2D eigenvalue weighted by atomic mass is 10.1. The number of anilines is 1. The van der Waals surface area contributed by atoms with Crippen LogP contribution in [0.1, 0.15) is 32.3 Å². The first-order valence-electron chi connectivity index (χ1n) is 7.16. The maximum Gasteiger partial charge on any atom is 0.227 e. The van der Waals surface area contributed by atoms with E-state index in [0.717, 1.165) is 12.1 Å². The Bertz CT molecular complexity index is 574. The van der Waals surface area contributed by atoms with Crippen LogP contribution in [0.2, 0.25) is 0 Å². The lowest BCUT2D eigenvalue weighted by molar-refractivity contribution is -0.126. The van der Waals surface area contributed by atoms with Crippen molar-refractivity contribution in [1.29, 1.82) is 5.26 Å². The van der Waals surface area contributed by atoms with E-state index in [2.05, 4.69) is 5.32 Å². The van der Waals surface area contributed by atoms with Crippen molar-refractivity contribution in [3.63, 3.8) is 0 Å². The van der Waals surface area contributed by atoms with Gasteiger partial charge in [0, 0.05) is 24.7 Å². The van der Waals surface area contributed by atoms with Crippen molar-refractivity contribution in [2.45, 2.75) is 32.7 Å². The van der Waals surface area contributed by atoms with Crippen molar-refractivity contribution in [1.82, 2.24) is 5.32 Å². The summed E-state index contributed by atoms with van der Waals surface area (Å²) in [6.07, 6.45) is 1.11. The van der Waals surface area contributed by atoms with Crippen molar-refractivity contribution in [3.05, 3.63) is 29.8 Å². The van der Waals surface area contributed by atoms with Crippen LogP contribution in [-0.4, -0.2) is 24.4 Å². The Kier molecular flexibility index (Phi) is 4.59. The van der Waals surface area contributed by atoms with Gasteiger partial charge in [0.2, 0.25) is 11.8 Å². The predicted octanol–water partition coefficient (Wildman–Crippen LogP) is 1.83. The van der Waals surface area contributed by atoms with Gasteiger partial charge in [0.25, 0.3) is 0 Å². The van der Waals surface area contributed by atoms with Gasteiger partial charge in [-0.1, -0.05) is 6.92 Å². The average molecular weight is 285 g/mol. The molecule has 0 spiro atoms. The fraction of sp³-hybridized carbons (Fsp3) is 0.438. The smallest absolute Gasteiger partial charge is 0.227 e. The van der Waals surface area contributed by atoms with E-state index in [1.165, 1.54) is 0 Å². The number of nitrogens with one attached hydrogen (secondary N) is 1.